The molecule has 1 aliphatic heterocycles. The van der Waals surface area contributed by atoms with Crippen LogP contribution in [0, 0.1) is 0 Å². The Labute approximate surface area is 167 Å². The van der Waals surface area contributed by atoms with Gasteiger partial charge in [0.05, 0.1) is 18.9 Å². The lowest BCUT2D eigenvalue weighted by atomic mass is 10.2. The summed E-state index contributed by atoms with van der Waals surface area (Å²) in [4.78, 5) is 23.4. The highest BCUT2D eigenvalue weighted by atomic mass is 32.2. The normalized spacial score (nSPS) is 15.2. The van der Waals surface area contributed by atoms with Crippen molar-refractivity contribution >= 4 is 28.7 Å². The zero-order chi connectivity index (χ0) is 19.9. The van der Waals surface area contributed by atoms with E-state index in [-0.39, 0.29) is 6.03 Å². The molecule has 0 bridgehead atoms. The van der Waals surface area contributed by atoms with E-state index in [1.54, 1.807) is 6.26 Å². The van der Waals surface area contributed by atoms with Crippen molar-refractivity contribution in [3.05, 3.63) is 36.0 Å². The summed E-state index contributed by atoms with van der Waals surface area (Å²) >= 11 is -0.758. The van der Waals surface area contributed by atoms with Crippen molar-refractivity contribution in [3.63, 3.8) is 0 Å². The summed E-state index contributed by atoms with van der Waals surface area (Å²) in [5.74, 6) is 1.88. The van der Waals surface area contributed by atoms with Crippen LogP contribution < -0.4 is 15.5 Å². The van der Waals surface area contributed by atoms with Crippen molar-refractivity contribution < 1.29 is 14.1 Å². The van der Waals surface area contributed by atoms with Gasteiger partial charge in [-0.05, 0) is 19.1 Å². The van der Waals surface area contributed by atoms with Crippen molar-refractivity contribution in [2.45, 2.75) is 12.7 Å². The standard InChI is InChI=1S/C19H25N5O3S/c1-3-20-19(25)22-15-6-4-5-14(11-15)18-21-16(13-28(2)26)12-17(23-18)24-7-9-27-10-8-24/h4-6,11-12,26H,3,7-10,13H2,1-2H3,(H-,20,22,25)/p+1. The molecule has 1 aliphatic rings. The van der Waals surface area contributed by atoms with Gasteiger partial charge in [0, 0.05) is 37.0 Å². The van der Waals surface area contributed by atoms with Crippen LogP contribution in [0.4, 0.5) is 16.3 Å². The van der Waals surface area contributed by atoms with E-state index in [0.717, 1.165) is 30.2 Å². The Morgan fingerprint density at radius 2 is 2.07 bits per heavy atom. The number of carbonyl (C=O) groups excluding carboxylic acids is 1. The summed E-state index contributed by atoms with van der Waals surface area (Å²) in [6.07, 6.45) is 1.77. The first-order chi connectivity index (χ1) is 13.5. The monoisotopic (exact) mass is 404 g/mol. The van der Waals surface area contributed by atoms with E-state index in [2.05, 4.69) is 20.5 Å². The quantitative estimate of drug-likeness (QED) is 0.639. The van der Waals surface area contributed by atoms with Crippen LogP contribution in [0.2, 0.25) is 0 Å². The molecule has 0 radical (unpaired) electrons. The van der Waals surface area contributed by atoms with Gasteiger partial charge in [-0.2, -0.15) is 4.55 Å². The zero-order valence-corrected chi connectivity index (χ0v) is 17.0. The van der Waals surface area contributed by atoms with Gasteiger partial charge in [-0.1, -0.05) is 12.1 Å². The SMILES string of the molecule is CCNC(=O)Nc1cccc(-c2nc(C[S+](C)O)cc(N3CCOCC3)n2)c1. The molecule has 150 valence electrons. The number of benzene rings is 1. The maximum atomic E-state index is 11.8. The Bertz CT molecular complexity index is 812. The topological polar surface area (TPSA) is 99.6 Å². The average Bonchev–Trinajstić information content (AvgIpc) is 2.68. The number of aromatic nitrogens is 2. The second-order valence-electron chi connectivity index (χ2n) is 6.45. The van der Waals surface area contributed by atoms with E-state index in [0.29, 0.717) is 37.0 Å². The minimum atomic E-state index is -0.758. The number of nitrogens with one attached hydrogen (secondary N) is 2. The molecule has 1 aromatic carbocycles. The smallest absolute Gasteiger partial charge is 0.319 e. The molecule has 9 heteroatoms. The minimum Gasteiger partial charge on any atom is -0.378 e. The predicted molar refractivity (Wildman–Crippen MR) is 113 cm³/mol. The van der Waals surface area contributed by atoms with Gasteiger partial charge in [-0.25, -0.2) is 14.8 Å². The van der Waals surface area contributed by atoms with Gasteiger partial charge < -0.3 is 20.3 Å². The Morgan fingerprint density at radius 3 is 2.79 bits per heavy atom. The first-order valence-corrected chi connectivity index (χ1v) is 11.0. The van der Waals surface area contributed by atoms with Crippen LogP contribution in [0.3, 0.4) is 0 Å². The van der Waals surface area contributed by atoms with Crippen LogP contribution in [0.25, 0.3) is 11.4 Å². The molecule has 2 amide bonds. The highest BCUT2D eigenvalue weighted by Crippen LogP contribution is 2.24. The fourth-order valence-corrected chi connectivity index (χ4v) is 3.50. The first kappa shape index (κ1) is 20.4. The molecular formula is C19H26N5O3S+. The predicted octanol–water partition coefficient (Wildman–Crippen LogP) is 2.34. The lowest BCUT2D eigenvalue weighted by molar-refractivity contribution is 0.122. The molecule has 1 saturated heterocycles. The maximum absolute atomic E-state index is 11.8. The fourth-order valence-electron chi connectivity index (χ4n) is 2.93. The third-order valence-corrected chi connectivity index (χ3v) is 4.89. The van der Waals surface area contributed by atoms with Crippen molar-refractivity contribution in [3.8, 4) is 11.4 Å². The molecule has 0 aliphatic carbocycles. The molecule has 28 heavy (non-hydrogen) atoms. The molecule has 8 nitrogen and oxygen atoms in total. The number of ether oxygens (including phenoxy) is 1. The molecule has 0 spiro atoms. The largest absolute Gasteiger partial charge is 0.378 e. The van der Waals surface area contributed by atoms with E-state index in [4.69, 9.17) is 9.72 Å². The first-order valence-electron chi connectivity index (χ1n) is 9.22. The van der Waals surface area contributed by atoms with E-state index in [9.17, 15) is 9.35 Å². The third kappa shape index (κ3) is 5.57. The van der Waals surface area contributed by atoms with Crippen LogP contribution in [-0.2, 0) is 21.7 Å². The van der Waals surface area contributed by atoms with Crippen LogP contribution >= 0.6 is 0 Å². The summed E-state index contributed by atoms with van der Waals surface area (Å²) in [6.45, 7) is 5.29. The minimum absolute atomic E-state index is 0.251. The number of rotatable bonds is 6. The summed E-state index contributed by atoms with van der Waals surface area (Å²) < 4.78 is 15.3. The van der Waals surface area contributed by atoms with Crippen LogP contribution in [0.15, 0.2) is 30.3 Å². The average molecular weight is 405 g/mol. The molecule has 2 heterocycles. The van der Waals surface area contributed by atoms with Crippen molar-refractivity contribution in [1.82, 2.24) is 15.3 Å². The molecule has 1 aromatic heterocycles. The number of nitrogens with zero attached hydrogens (tertiary/aromatic N) is 3. The Balaban J connectivity index is 1.92. The molecule has 0 saturated carbocycles. The van der Waals surface area contributed by atoms with Gasteiger partial charge in [0.25, 0.3) is 0 Å². The number of carbonyl (C=O) groups is 1. The van der Waals surface area contributed by atoms with Gasteiger partial charge in [0.15, 0.2) is 11.6 Å². The molecule has 3 N–H and O–H groups in total. The van der Waals surface area contributed by atoms with Crippen molar-refractivity contribution in [2.24, 2.45) is 0 Å². The molecule has 1 fully saturated rings. The molecular weight excluding hydrogens is 378 g/mol. The number of morpholine rings is 1. The van der Waals surface area contributed by atoms with Gasteiger partial charge in [0.2, 0.25) is 0 Å². The lowest BCUT2D eigenvalue weighted by Crippen LogP contribution is -2.37. The van der Waals surface area contributed by atoms with Gasteiger partial charge >= 0.3 is 6.03 Å². The summed E-state index contributed by atoms with van der Waals surface area (Å²) in [5, 5.41) is 5.52. The Kier molecular flexibility index (Phi) is 7.07. The zero-order valence-electron chi connectivity index (χ0n) is 16.1. The van der Waals surface area contributed by atoms with Gasteiger partial charge in [-0.3, -0.25) is 0 Å². The van der Waals surface area contributed by atoms with Crippen molar-refractivity contribution in [1.29, 1.82) is 0 Å². The second-order valence-corrected chi connectivity index (χ2v) is 7.94. The second kappa shape index (κ2) is 9.72. The van der Waals surface area contributed by atoms with E-state index < -0.39 is 11.2 Å². The maximum Gasteiger partial charge on any atom is 0.319 e. The van der Waals surface area contributed by atoms with E-state index in [1.807, 2.05) is 37.3 Å². The third-order valence-electron chi connectivity index (χ3n) is 4.17. The number of hydrogen-bond donors (Lipinski definition) is 3. The lowest BCUT2D eigenvalue weighted by Gasteiger charge is -2.28. The van der Waals surface area contributed by atoms with Gasteiger partial charge in [0.1, 0.15) is 23.2 Å². The highest BCUT2D eigenvalue weighted by molar-refractivity contribution is 7.89. The molecule has 3 rings (SSSR count). The summed E-state index contributed by atoms with van der Waals surface area (Å²) in [7, 11) is 0. The molecule has 1 atom stereocenters. The van der Waals surface area contributed by atoms with E-state index >= 15 is 0 Å². The van der Waals surface area contributed by atoms with Crippen LogP contribution in [0.5, 0.6) is 0 Å². The fraction of sp³-hybridized carbons (Fsp3) is 0.421. The number of anilines is 2. The highest BCUT2D eigenvalue weighted by Gasteiger charge is 2.19. The Morgan fingerprint density at radius 1 is 1.29 bits per heavy atom. The van der Waals surface area contributed by atoms with Gasteiger partial charge in [-0.15, -0.1) is 0 Å². The van der Waals surface area contributed by atoms with E-state index in [1.165, 1.54) is 0 Å². The molecule has 1 unspecified atom stereocenters. The molecule has 2 aromatic rings. The number of urea groups is 1. The van der Waals surface area contributed by atoms with Crippen LogP contribution in [0.1, 0.15) is 12.6 Å². The van der Waals surface area contributed by atoms with Crippen LogP contribution in [-0.4, -0.2) is 59.7 Å². The summed E-state index contributed by atoms with van der Waals surface area (Å²) in [5.41, 5.74) is 2.27. The summed E-state index contributed by atoms with van der Waals surface area (Å²) in [6, 6.07) is 9.13. The Hall–Kier alpha value is -2.36. The number of hydrogen-bond acceptors (Lipinski definition) is 6. The number of amides is 2. The van der Waals surface area contributed by atoms with Crippen molar-refractivity contribution in [2.75, 3.05) is 49.3 Å².